The first-order valence-corrected chi connectivity index (χ1v) is 39.7. The highest BCUT2D eigenvalue weighted by Crippen LogP contribution is 2.71. The molecule has 2 spiro atoms. The lowest BCUT2D eigenvalue weighted by Gasteiger charge is -2.61. The van der Waals surface area contributed by atoms with E-state index in [1.165, 1.54) is 218 Å². The van der Waals surface area contributed by atoms with Crippen LogP contribution in [0.2, 0.25) is 0 Å². The van der Waals surface area contributed by atoms with Gasteiger partial charge in [0.2, 0.25) is 0 Å². The average molecular weight is 1360 g/mol. The molecule has 26 rings (SSSR count). The molecule has 10 aliphatic carbocycles. The van der Waals surface area contributed by atoms with Gasteiger partial charge in [0.25, 0.3) is 0 Å². The van der Waals surface area contributed by atoms with Crippen LogP contribution in [0.4, 0.5) is 0 Å². The van der Waals surface area contributed by atoms with Crippen molar-refractivity contribution in [2.75, 3.05) is 0 Å². The van der Waals surface area contributed by atoms with Crippen LogP contribution in [-0.2, 0) is 10.8 Å². The van der Waals surface area contributed by atoms with Crippen molar-refractivity contribution in [2.24, 2.45) is 47.3 Å². The molecule has 16 aromatic rings. The SMILES string of the molecule is c1ccc(-c2ccc(-c3c4ccccc4c(-c4ccc(-c5ccc6c(c5)C5(c7ccccc7-6)C6CC7CC(C6)CC5C7)cc4)c4ccccc34)cc2)cc1.c1ccc2c(c1)-c1ccc(-c3ccc(-c4c5ccccc5c(-c5ccc6ccccc6c5)c5ccccc45)cc3)cc1C21C2CC3CC(C2)CC1C3. The molecule has 106 heavy (non-hydrogen) atoms. The summed E-state index contributed by atoms with van der Waals surface area (Å²) in [5.74, 6) is 6.92. The Kier molecular flexibility index (Phi) is 13.7. The molecule has 8 fully saturated rings. The minimum absolute atomic E-state index is 0.191. The lowest BCUT2D eigenvalue weighted by Crippen LogP contribution is -2.55. The van der Waals surface area contributed by atoms with Crippen LogP contribution in [0.1, 0.15) is 86.5 Å². The summed E-state index contributed by atoms with van der Waals surface area (Å²) in [5, 5.41) is 12.9. The Balaban J connectivity index is 0.000000129. The average Bonchev–Trinajstić information content (AvgIpc) is 1.49. The first-order valence-electron chi connectivity index (χ1n) is 39.7. The summed E-state index contributed by atoms with van der Waals surface area (Å²) in [7, 11) is 0. The smallest absolute Gasteiger partial charge is 0.0272 e. The van der Waals surface area contributed by atoms with Crippen LogP contribution in [-0.4, -0.2) is 0 Å². The molecule has 506 valence electrons. The molecule has 0 unspecified atom stereocenters. The van der Waals surface area contributed by atoms with Crippen LogP contribution in [0.15, 0.2) is 328 Å². The Morgan fingerprint density at radius 2 is 0.434 bits per heavy atom. The first kappa shape index (κ1) is 61.2. The van der Waals surface area contributed by atoms with E-state index < -0.39 is 0 Å². The molecular weight excluding hydrogens is 1270 g/mol. The van der Waals surface area contributed by atoms with E-state index >= 15 is 0 Å². The van der Waals surface area contributed by atoms with Gasteiger partial charge in [-0.05, 0) is 306 Å². The molecule has 0 heterocycles. The fraction of sp³-hybridized carbons (Fsp3) is 0.189. The van der Waals surface area contributed by atoms with Crippen molar-refractivity contribution in [3.8, 4) is 100 Å². The molecule has 0 heteroatoms. The van der Waals surface area contributed by atoms with E-state index in [0.717, 1.165) is 47.3 Å². The van der Waals surface area contributed by atoms with Crippen LogP contribution in [0.5, 0.6) is 0 Å². The second-order valence-corrected chi connectivity index (χ2v) is 33.3. The van der Waals surface area contributed by atoms with Crippen LogP contribution >= 0.6 is 0 Å². The minimum atomic E-state index is 0.191. The van der Waals surface area contributed by atoms with E-state index in [2.05, 4.69) is 328 Å². The molecule has 0 aromatic heterocycles. The second-order valence-electron chi connectivity index (χ2n) is 33.3. The Morgan fingerprint density at radius 3 is 0.811 bits per heavy atom. The minimum Gasteiger partial charge on any atom is -0.0622 e. The summed E-state index contributed by atoms with van der Waals surface area (Å²) in [4.78, 5) is 0. The molecule has 0 amide bonds. The van der Waals surface area contributed by atoms with Crippen molar-refractivity contribution >= 4 is 53.9 Å². The molecule has 10 aliphatic rings. The normalized spacial score (nSPS) is 23.5. The Labute approximate surface area is 622 Å². The maximum absolute atomic E-state index is 2.62. The predicted octanol–water partition coefficient (Wildman–Crippen LogP) is 28.3. The van der Waals surface area contributed by atoms with Crippen molar-refractivity contribution in [3.05, 3.63) is 350 Å². The Morgan fingerprint density at radius 1 is 0.170 bits per heavy atom. The van der Waals surface area contributed by atoms with Crippen molar-refractivity contribution < 1.29 is 0 Å². The first-order chi connectivity index (χ1) is 52.5. The molecule has 8 saturated carbocycles. The third-order valence-corrected chi connectivity index (χ3v) is 28.3. The maximum Gasteiger partial charge on any atom is 0.0272 e. The van der Waals surface area contributed by atoms with E-state index in [1.807, 2.05) is 0 Å². The van der Waals surface area contributed by atoms with E-state index in [9.17, 15) is 0 Å². The van der Waals surface area contributed by atoms with Crippen LogP contribution in [0.25, 0.3) is 154 Å². The van der Waals surface area contributed by atoms with Crippen LogP contribution < -0.4 is 0 Å². The van der Waals surface area contributed by atoms with Gasteiger partial charge >= 0.3 is 0 Å². The largest absolute Gasteiger partial charge is 0.0622 e. The fourth-order valence-corrected chi connectivity index (χ4v) is 24.6. The van der Waals surface area contributed by atoms with Gasteiger partial charge in [0.05, 0.1) is 0 Å². The number of hydrogen-bond acceptors (Lipinski definition) is 0. The molecular formula is C106H82. The number of benzene rings is 16. The maximum atomic E-state index is 2.62. The molecule has 0 atom stereocenters. The van der Waals surface area contributed by atoms with Gasteiger partial charge in [-0.1, -0.05) is 309 Å². The lowest BCUT2D eigenvalue weighted by molar-refractivity contribution is -0.0399. The van der Waals surface area contributed by atoms with Gasteiger partial charge in [-0.15, -0.1) is 0 Å². The highest BCUT2D eigenvalue weighted by atomic mass is 14.7. The highest BCUT2D eigenvalue weighted by molar-refractivity contribution is 6.23. The summed E-state index contributed by atoms with van der Waals surface area (Å²) in [6, 6.07) is 124. The van der Waals surface area contributed by atoms with Crippen molar-refractivity contribution in [3.63, 3.8) is 0 Å². The molecule has 0 radical (unpaired) electrons. The van der Waals surface area contributed by atoms with E-state index in [4.69, 9.17) is 0 Å². The van der Waals surface area contributed by atoms with Gasteiger partial charge in [0.1, 0.15) is 0 Å². The third kappa shape index (κ3) is 9.00. The predicted molar refractivity (Wildman–Crippen MR) is 445 cm³/mol. The van der Waals surface area contributed by atoms with Gasteiger partial charge in [-0.3, -0.25) is 0 Å². The highest BCUT2D eigenvalue weighted by Gasteiger charge is 2.63. The van der Waals surface area contributed by atoms with Gasteiger partial charge in [-0.2, -0.15) is 0 Å². The van der Waals surface area contributed by atoms with Gasteiger partial charge < -0.3 is 0 Å². The molecule has 0 saturated heterocycles. The third-order valence-electron chi connectivity index (χ3n) is 28.3. The van der Waals surface area contributed by atoms with Gasteiger partial charge in [0, 0.05) is 10.8 Å². The Hall–Kier alpha value is -11.2. The summed E-state index contributed by atoms with van der Waals surface area (Å²) >= 11 is 0. The lowest BCUT2D eigenvalue weighted by atomic mass is 9.43. The topological polar surface area (TPSA) is 0 Å². The summed E-state index contributed by atoms with van der Waals surface area (Å²) in [6.45, 7) is 0. The Bertz CT molecular complexity index is 6090. The zero-order chi connectivity index (χ0) is 69.3. The molecule has 8 bridgehead atoms. The zero-order valence-corrected chi connectivity index (χ0v) is 59.9. The van der Waals surface area contributed by atoms with E-state index in [0.29, 0.717) is 0 Å². The van der Waals surface area contributed by atoms with Crippen molar-refractivity contribution in [1.82, 2.24) is 0 Å². The van der Waals surface area contributed by atoms with E-state index in [1.54, 1.807) is 22.3 Å². The summed E-state index contributed by atoms with van der Waals surface area (Å²) in [5.41, 5.74) is 31.0. The fourth-order valence-electron chi connectivity index (χ4n) is 24.6. The number of fused-ring (bicyclic) bond motifs is 11. The van der Waals surface area contributed by atoms with E-state index in [-0.39, 0.29) is 10.8 Å². The van der Waals surface area contributed by atoms with Crippen LogP contribution in [0.3, 0.4) is 0 Å². The van der Waals surface area contributed by atoms with Crippen molar-refractivity contribution in [1.29, 1.82) is 0 Å². The zero-order valence-electron chi connectivity index (χ0n) is 59.9. The quantitative estimate of drug-likeness (QED) is 0.140. The summed E-state index contributed by atoms with van der Waals surface area (Å²) in [6.07, 6.45) is 14.3. The van der Waals surface area contributed by atoms with Gasteiger partial charge in [0.15, 0.2) is 0 Å². The molecule has 16 aromatic carbocycles. The summed E-state index contributed by atoms with van der Waals surface area (Å²) < 4.78 is 0. The number of rotatable bonds is 7. The standard InChI is InChI=1S/C54H42.C52H40/c1-2-10-36(11-3-1)37-18-22-39(23-19-37)52-46-13-4-6-15-48(46)53(49-16-7-5-14-47(49)52)40-24-20-38(21-25-40)41-26-27-45-44-12-8-9-17-50(44)54(51(45)33-41)42-29-34-28-35(31-42)32-43(54)30-34;1-2-10-37-30-39(22-19-34(37)9-1)51-46-14-5-3-12-44(46)50(45-13-4-6-15-47(45)51)36-20-17-35(18-21-36)38-23-24-43-42-11-7-8-16-48(42)52(49(43)31-38)40-26-32-25-33(28-40)29-41(52)27-32/h1-27,33-35,42-43H,28-32H2;1-24,30-33,40-41H,25-29H2. The number of hydrogen-bond donors (Lipinski definition) is 0. The second kappa shape index (κ2) is 23.7. The monoisotopic (exact) mass is 1350 g/mol. The molecule has 0 N–H and O–H groups in total. The van der Waals surface area contributed by atoms with Gasteiger partial charge in [-0.25, -0.2) is 0 Å². The molecule has 0 aliphatic heterocycles. The molecule has 0 nitrogen and oxygen atoms in total. The van der Waals surface area contributed by atoms with Crippen molar-refractivity contribution in [2.45, 2.75) is 75.0 Å². The van der Waals surface area contributed by atoms with Crippen LogP contribution in [0, 0.1) is 47.3 Å².